The van der Waals surface area contributed by atoms with Gasteiger partial charge in [-0.05, 0) is 49.8 Å². The summed E-state index contributed by atoms with van der Waals surface area (Å²) in [7, 11) is 0. The van der Waals surface area contributed by atoms with E-state index in [0.717, 1.165) is 25.9 Å². The minimum atomic E-state index is -0.348. The second-order valence-corrected chi connectivity index (χ2v) is 6.42. The van der Waals surface area contributed by atoms with Gasteiger partial charge in [0.25, 0.3) is 0 Å². The molecular formula is C17H21FN2O. The quantitative estimate of drug-likeness (QED) is 0.847. The number of aliphatic imine (C=N–C) groups is 1. The first-order chi connectivity index (χ1) is 10.3. The van der Waals surface area contributed by atoms with Crippen LogP contribution in [0.3, 0.4) is 0 Å². The Morgan fingerprint density at radius 2 is 2.19 bits per heavy atom. The highest BCUT2D eigenvalue weighted by Gasteiger charge is 2.38. The largest absolute Gasteiger partial charge is 0.476 e. The maximum Gasteiger partial charge on any atom is 0.199 e. The Labute approximate surface area is 124 Å². The summed E-state index contributed by atoms with van der Waals surface area (Å²) in [5.74, 6) is 0.761. The molecule has 0 radical (unpaired) electrons. The van der Waals surface area contributed by atoms with Gasteiger partial charge in [-0.2, -0.15) is 0 Å². The summed E-state index contributed by atoms with van der Waals surface area (Å²) < 4.78 is 20.6. The Morgan fingerprint density at radius 1 is 1.29 bits per heavy atom. The highest BCUT2D eigenvalue weighted by molar-refractivity contribution is 5.84. The predicted molar refractivity (Wildman–Crippen MR) is 80.5 cm³/mol. The lowest BCUT2D eigenvalue weighted by atomic mass is 9.82. The van der Waals surface area contributed by atoms with E-state index in [1.807, 2.05) is 6.08 Å². The zero-order valence-corrected chi connectivity index (χ0v) is 12.1. The molecule has 1 N–H and O–H groups in total. The summed E-state index contributed by atoms with van der Waals surface area (Å²) in [6.07, 6.45) is 12.3. The van der Waals surface area contributed by atoms with E-state index in [1.54, 1.807) is 12.3 Å². The minimum absolute atomic E-state index is 0.0645. The molecule has 0 bridgehead atoms. The van der Waals surface area contributed by atoms with E-state index in [0.29, 0.717) is 11.8 Å². The van der Waals surface area contributed by atoms with Crippen molar-refractivity contribution in [3.8, 4) is 0 Å². The van der Waals surface area contributed by atoms with E-state index in [-0.39, 0.29) is 23.8 Å². The summed E-state index contributed by atoms with van der Waals surface area (Å²) in [6, 6.07) is 0. The number of allylic oxidation sites excluding steroid dienone is 4. The van der Waals surface area contributed by atoms with Crippen LogP contribution in [0.5, 0.6) is 0 Å². The summed E-state index contributed by atoms with van der Waals surface area (Å²) in [6.45, 7) is 1.87. The highest BCUT2D eigenvalue weighted by atomic mass is 19.1. The number of hydrogen-bond acceptors (Lipinski definition) is 3. The number of nitrogens with one attached hydrogen (secondary N) is 1. The van der Waals surface area contributed by atoms with Crippen LogP contribution in [-0.2, 0) is 4.74 Å². The van der Waals surface area contributed by atoms with E-state index in [2.05, 4.69) is 16.4 Å². The Hall–Kier alpha value is -1.42. The highest BCUT2D eigenvalue weighted by Crippen LogP contribution is 2.44. The molecule has 4 aliphatic rings. The van der Waals surface area contributed by atoms with Crippen molar-refractivity contribution >= 4 is 5.90 Å². The molecule has 4 rings (SSSR count). The third-order valence-corrected chi connectivity index (χ3v) is 4.74. The average molecular weight is 288 g/mol. The van der Waals surface area contributed by atoms with Gasteiger partial charge in [0.05, 0.1) is 5.92 Å². The van der Waals surface area contributed by atoms with Gasteiger partial charge in [-0.25, -0.2) is 9.38 Å². The fraction of sp³-hybridized carbons (Fsp3) is 0.588. The van der Waals surface area contributed by atoms with Crippen LogP contribution in [0.2, 0.25) is 0 Å². The van der Waals surface area contributed by atoms with E-state index in [4.69, 9.17) is 4.74 Å². The Balaban J connectivity index is 1.52. The second-order valence-electron chi connectivity index (χ2n) is 6.42. The van der Waals surface area contributed by atoms with Gasteiger partial charge in [-0.15, -0.1) is 0 Å². The number of rotatable bonds is 2. The third-order valence-electron chi connectivity index (χ3n) is 4.74. The van der Waals surface area contributed by atoms with E-state index in [1.165, 1.54) is 18.4 Å². The van der Waals surface area contributed by atoms with Gasteiger partial charge in [-0.1, -0.05) is 12.2 Å². The van der Waals surface area contributed by atoms with E-state index in [9.17, 15) is 4.39 Å². The van der Waals surface area contributed by atoms with Gasteiger partial charge in [0.1, 0.15) is 11.9 Å². The standard InChI is InChI=1S/C17H21FN2O/c18-15-9-13(11-3-4-11)8-12-5-7-20-17(16(12)15)21-14-2-1-6-19-10-14/h5,7-9,11-12,14,16,19H,1-4,6,10H2/t12?,14-,16?/m1/s1. The maximum atomic E-state index is 14.6. The summed E-state index contributed by atoms with van der Waals surface area (Å²) in [4.78, 5) is 4.32. The maximum absolute atomic E-state index is 14.6. The van der Waals surface area contributed by atoms with Gasteiger partial charge in [0, 0.05) is 18.7 Å². The first-order valence-corrected chi connectivity index (χ1v) is 8.02. The van der Waals surface area contributed by atoms with Crippen LogP contribution in [-0.4, -0.2) is 25.1 Å². The van der Waals surface area contributed by atoms with Crippen molar-refractivity contribution in [1.82, 2.24) is 5.32 Å². The monoisotopic (exact) mass is 288 g/mol. The molecule has 2 unspecified atom stereocenters. The van der Waals surface area contributed by atoms with Gasteiger partial charge >= 0.3 is 0 Å². The lowest BCUT2D eigenvalue weighted by Crippen LogP contribution is -2.39. The molecule has 3 nitrogen and oxygen atoms in total. The molecule has 0 aromatic carbocycles. The number of hydrogen-bond donors (Lipinski definition) is 1. The molecule has 2 aliphatic heterocycles. The van der Waals surface area contributed by atoms with Crippen molar-refractivity contribution < 1.29 is 9.13 Å². The molecule has 0 aromatic heterocycles. The number of halogens is 1. The van der Waals surface area contributed by atoms with Crippen LogP contribution in [0.4, 0.5) is 4.39 Å². The molecular weight excluding hydrogens is 267 g/mol. The zero-order valence-electron chi connectivity index (χ0n) is 12.1. The first kappa shape index (κ1) is 13.3. The number of nitrogens with zero attached hydrogens (tertiary/aromatic N) is 1. The Kier molecular flexibility index (Phi) is 3.42. The first-order valence-electron chi connectivity index (χ1n) is 8.02. The fourth-order valence-electron chi connectivity index (χ4n) is 3.41. The van der Waals surface area contributed by atoms with Gasteiger partial charge in [0.15, 0.2) is 5.90 Å². The van der Waals surface area contributed by atoms with Crippen LogP contribution < -0.4 is 5.32 Å². The van der Waals surface area contributed by atoms with Crippen molar-refractivity contribution in [2.75, 3.05) is 13.1 Å². The van der Waals surface area contributed by atoms with Crippen molar-refractivity contribution in [2.24, 2.45) is 22.7 Å². The lowest BCUT2D eigenvalue weighted by molar-refractivity contribution is 0.141. The number of ether oxygens (including phenoxy) is 1. The van der Waals surface area contributed by atoms with Crippen molar-refractivity contribution in [2.45, 2.75) is 31.8 Å². The Bertz CT molecular complexity index is 539. The summed E-state index contributed by atoms with van der Waals surface area (Å²) in [5, 5.41) is 3.32. The van der Waals surface area contributed by atoms with Crippen LogP contribution in [0.1, 0.15) is 25.7 Å². The molecule has 1 saturated heterocycles. The number of fused-ring (bicyclic) bond motifs is 1. The summed E-state index contributed by atoms with van der Waals surface area (Å²) in [5.41, 5.74) is 1.17. The predicted octanol–water partition coefficient (Wildman–Crippen LogP) is 3.12. The van der Waals surface area contributed by atoms with Crippen LogP contribution in [0, 0.1) is 17.8 Å². The fourth-order valence-corrected chi connectivity index (χ4v) is 3.41. The molecule has 2 aliphatic carbocycles. The smallest absolute Gasteiger partial charge is 0.199 e. The van der Waals surface area contributed by atoms with Gasteiger partial charge in [0.2, 0.25) is 0 Å². The van der Waals surface area contributed by atoms with Crippen molar-refractivity contribution in [3.05, 3.63) is 35.8 Å². The second kappa shape index (κ2) is 5.41. The molecule has 2 fully saturated rings. The van der Waals surface area contributed by atoms with Gasteiger partial charge in [-0.3, -0.25) is 0 Å². The van der Waals surface area contributed by atoms with Crippen LogP contribution >= 0.6 is 0 Å². The molecule has 0 amide bonds. The minimum Gasteiger partial charge on any atom is -0.476 e. The van der Waals surface area contributed by atoms with E-state index >= 15 is 0 Å². The summed E-state index contributed by atoms with van der Waals surface area (Å²) >= 11 is 0. The van der Waals surface area contributed by atoms with Crippen molar-refractivity contribution in [1.29, 1.82) is 0 Å². The van der Waals surface area contributed by atoms with Crippen LogP contribution in [0.15, 0.2) is 40.8 Å². The molecule has 1 saturated carbocycles. The molecule has 0 aromatic rings. The third kappa shape index (κ3) is 2.69. The van der Waals surface area contributed by atoms with Gasteiger partial charge < -0.3 is 10.1 Å². The molecule has 0 spiro atoms. The van der Waals surface area contributed by atoms with Crippen LogP contribution in [0.25, 0.3) is 0 Å². The average Bonchev–Trinajstić information content (AvgIpc) is 3.33. The Morgan fingerprint density at radius 3 is 2.95 bits per heavy atom. The van der Waals surface area contributed by atoms with E-state index < -0.39 is 0 Å². The molecule has 2 heterocycles. The normalized spacial score (nSPS) is 35.5. The molecule has 4 heteroatoms. The lowest BCUT2D eigenvalue weighted by Gasteiger charge is -2.32. The molecule has 21 heavy (non-hydrogen) atoms. The topological polar surface area (TPSA) is 33.6 Å². The molecule has 3 atom stereocenters. The SMILES string of the molecule is FC1=CC(C2CC2)=CC2C=CN=C(O[C@@H]3CCCNC3)C12. The van der Waals surface area contributed by atoms with Crippen molar-refractivity contribution in [3.63, 3.8) is 0 Å². The number of piperidine rings is 1. The zero-order chi connectivity index (χ0) is 14.2. The molecule has 112 valence electrons.